The first-order chi connectivity index (χ1) is 8.15. The summed E-state index contributed by atoms with van der Waals surface area (Å²) >= 11 is 0. The van der Waals surface area contributed by atoms with E-state index in [1.54, 1.807) is 4.68 Å². The van der Waals surface area contributed by atoms with Crippen LogP contribution < -0.4 is 0 Å². The van der Waals surface area contributed by atoms with Gasteiger partial charge in [-0.25, -0.2) is 0 Å². The van der Waals surface area contributed by atoms with Gasteiger partial charge in [-0.1, -0.05) is 0 Å². The number of aromatic nitrogens is 2. The average Bonchev–Trinajstić information content (AvgIpc) is 3.17. The number of aryl methyl sites for hydroxylation is 1. The molecular formula is C13H19N3O. The summed E-state index contributed by atoms with van der Waals surface area (Å²) in [6.07, 6.45) is 5.00. The van der Waals surface area contributed by atoms with E-state index in [4.69, 9.17) is 0 Å². The van der Waals surface area contributed by atoms with Crippen LogP contribution in [0.2, 0.25) is 0 Å². The molecule has 0 bridgehead atoms. The summed E-state index contributed by atoms with van der Waals surface area (Å²) in [6.45, 7) is 0.892. The van der Waals surface area contributed by atoms with E-state index in [0.717, 1.165) is 23.9 Å². The summed E-state index contributed by atoms with van der Waals surface area (Å²) in [5.74, 6) is 1.45. The Morgan fingerprint density at radius 2 is 2.18 bits per heavy atom. The van der Waals surface area contributed by atoms with Gasteiger partial charge >= 0.3 is 0 Å². The van der Waals surface area contributed by atoms with E-state index in [2.05, 4.69) is 5.10 Å². The number of hydrogen-bond acceptors (Lipinski definition) is 2. The molecule has 4 heteroatoms. The molecule has 0 atom stereocenters. The number of carbonyl (C=O) groups is 1. The van der Waals surface area contributed by atoms with Gasteiger partial charge in [-0.15, -0.1) is 0 Å². The lowest BCUT2D eigenvalue weighted by Crippen LogP contribution is -2.30. The van der Waals surface area contributed by atoms with Crippen molar-refractivity contribution in [1.82, 2.24) is 14.7 Å². The van der Waals surface area contributed by atoms with E-state index >= 15 is 0 Å². The summed E-state index contributed by atoms with van der Waals surface area (Å²) in [5.41, 5.74) is 1.82. The molecule has 0 aliphatic heterocycles. The summed E-state index contributed by atoms with van der Waals surface area (Å²) in [6, 6.07) is 1.98. The SMILES string of the molecule is CN(CC1CC1)C(=O)c1cc(C2CC2)nn1C. The Balaban J connectivity index is 1.74. The van der Waals surface area contributed by atoms with Crippen LogP contribution in [0.1, 0.15) is 47.8 Å². The molecule has 2 aliphatic carbocycles. The molecule has 2 saturated carbocycles. The van der Waals surface area contributed by atoms with E-state index < -0.39 is 0 Å². The van der Waals surface area contributed by atoms with Crippen LogP contribution >= 0.6 is 0 Å². The van der Waals surface area contributed by atoms with Crippen LogP contribution in [0.15, 0.2) is 6.07 Å². The Labute approximate surface area is 102 Å². The molecule has 0 spiro atoms. The maximum absolute atomic E-state index is 12.3. The third-order valence-electron chi connectivity index (χ3n) is 3.69. The Morgan fingerprint density at radius 1 is 1.47 bits per heavy atom. The monoisotopic (exact) mass is 233 g/mol. The molecule has 2 fully saturated rings. The summed E-state index contributed by atoms with van der Waals surface area (Å²) in [7, 11) is 3.76. The first kappa shape index (κ1) is 10.8. The average molecular weight is 233 g/mol. The molecule has 4 nitrogen and oxygen atoms in total. The minimum Gasteiger partial charge on any atom is -0.340 e. The second kappa shape index (κ2) is 3.86. The fraction of sp³-hybridized carbons (Fsp3) is 0.692. The van der Waals surface area contributed by atoms with Gasteiger partial charge in [-0.2, -0.15) is 5.10 Å². The first-order valence-corrected chi connectivity index (χ1v) is 6.44. The van der Waals surface area contributed by atoms with Crippen LogP contribution in [0.5, 0.6) is 0 Å². The van der Waals surface area contributed by atoms with Crippen LogP contribution in [0.3, 0.4) is 0 Å². The van der Waals surface area contributed by atoms with E-state index in [-0.39, 0.29) is 5.91 Å². The highest BCUT2D eigenvalue weighted by atomic mass is 16.2. The van der Waals surface area contributed by atoms with Gasteiger partial charge in [0, 0.05) is 26.6 Å². The molecule has 1 heterocycles. The number of hydrogen-bond donors (Lipinski definition) is 0. The summed E-state index contributed by atoms with van der Waals surface area (Å²) in [4.78, 5) is 14.1. The fourth-order valence-corrected chi connectivity index (χ4v) is 2.23. The van der Waals surface area contributed by atoms with Crippen molar-refractivity contribution in [2.75, 3.05) is 13.6 Å². The second-order valence-corrected chi connectivity index (χ2v) is 5.48. The molecule has 2 aliphatic rings. The van der Waals surface area contributed by atoms with Gasteiger partial charge in [0.05, 0.1) is 5.69 Å². The van der Waals surface area contributed by atoms with Crippen molar-refractivity contribution in [2.24, 2.45) is 13.0 Å². The zero-order valence-electron chi connectivity index (χ0n) is 10.5. The molecule has 1 aromatic heterocycles. The minimum absolute atomic E-state index is 0.110. The van der Waals surface area contributed by atoms with Crippen molar-refractivity contribution in [1.29, 1.82) is 0 Å². The highest BCUT2D eigenvalue weighted by molar-refractivity contribution is 5.92. The van der Waals surface area contributed by atoms with Crippen molar-refractivity contribution in [3.05, 3.63) is 17.5 Å². The van der Waals surface area contributed by atoms with Crippen LogP contribution in [0.4, 0.5) is 0 Å². The van der Waals surface area contributed by atoms with E-state index in [1.165, 1.54) is 25.7 Å². The number of rotatable bonds is 4. The molecular weight excluding hydrogens is 214 g/mol. The molecule has 0 radical (unpaired) electrons. The maximum Gasteiger partial charge on any atom is 0.271 e. The van der Waals surface area contributed by atoms with Crippen LogP contribution in [0.25, 0.3) is 0 Å². The van der Waals surface area contributed by atoms with Crippen LogP contribution in [-0.4, -0.2) is 34.2 Å². The lowest BCUT2D eigenvalue weighted by atomic mass is 10.2. The van der Waals surface area contributed by atoms with Gasteiger partial charge in [0.15, 0.2) is 0 Å². The van der Waals surface area contributed by atoms with E-state index in [0.29, 0.717) is 5.92 Å². The standard InChI is InChI=1S/C13H19N3O/c1-15(8-9-3-4-9)13(17)12-7-11(10-5-6-10)14-16(12)2/h7,9-10H,3-6,8H2,1-2H3. The van der Waals surface area contributed by atoms with Gasteiger partial charge in [0.1, 0.15) is 5.69 Å². The van der Waals surface area contributed by atoms with Crippen molar-refractivity contribution in [3.8, 4) is 0 Å². The van der Waals surface area contributed by atoms with Crippen molar-refractivity contribution in [2.45, 2.75) is 31.6 Å². The Bertz CT molecular complexity index is 444. The van der Waals surface area contributed by atoms with Crippen molar-refractivity contribution in [3.63, 3.8) is 0 Å². The molecule has 0 N–H and O–H groups in total. The summed E-state index contributed by atoms with van der Waals surface area (Å²) in [5, 5.41) is 4.44. The van der Waals surface area contributed by atoms with Crippen molar-refractivity contribution >= 4 is 5.91 Å². The minimum atomic E-state index is 0.110. The van der Waals surface area contributed by atoms with Gasteiger partial charge in [-0.3, -0.25) is 9.48 Å². The zero-order valence-corrected chi connectivity index (χ0v) is 10.5. The summed E-state index contributed by atoms with van der Waals surface area (Å²) < 4.78 is 1.74. The molecule has 1 aromatic rings. The lowest BCUT2D eigenvalue weighted by Gasteiger charge is -2.16. The quantitative estimate of drug-likeness (QED) is 0.795. The molecule has 0 aromatic carbocycles. The lowest BCUT2D eigenvalue weighted by molar-refractivity contribution is 0.0778. The predicted octanol–water partition coefficient (Wildman–Crippen LogP) is 1.78. The molecule has 0 unspecified atom stereocenters. The molecule has 92 valence electrons. The second-order valence-electron chi connectivity index (χ2n) is 5.48. The molecule has 1 amide bonds. The Morgan fingerprint density at radius 3 is 2.76 bits per heavy atom. The van der Waals surface area contributed by atoms with Gasteiger partial charge in [-0.05, 0) is 37.7 Å². The number of amides is 1. The van der Waals surface area contributed by atoms with E-state index in [9.17, 15) is 4.79 Å². The van der Waals surface area contributed by atoms with E-state index in [1.807, 2.05) is 25.1 Å². The third kappa shape index (κ3) is 2.21. The van der Waals surface area contributed by atoms with Gasteiger partial charge in [0.25, 0.3) is 5.91 Å². The van der Waals surface area contributed by atoms with Crippen LogP contribution in [0, 0.1) is 5.92 Å². The molecule has 0 saturated heterocycles. The first-order valence-electron chi connectivity index (χ1n) is 6.44. The Kier molecular flexibility index (Phi) is 2.45. The number of nitrogens with zero attached hydrogens (tertiary/aromatic N) is 3. The fourth-order valence-electron chi connectivity index (χ4n) is 2.23. The largest absolute Gasteiger partial charge is 0.340 e. The number of carbonyl (C=O) groups excluding carboxylic acids is 1. The Hall–Kier alpha value is -1.32. The highest BCUT2D eigenvalue weighted by Crippen LogP contribution is 2.39. The smallest absolute Gasteiger partial charge is 0.271 e. The van der Waals surface area contributed by atoms with Gasteiger partial charge in [0.2, 0.25) is 0 Å². The maximum atomic E-state index is 12.3. The van der Waals surface area contributed by atoms with Crippen LogP contribution in [-0.2, 0) is 7.05 Å². The zero-order chi connectivity index (χ0) is 12.0. The third-order valence-corrected chi connectivity index (χ3v) is 3.69. The molecule has 3 rings (SSSR count). The van der Waals surface area contributed by atoms with Crippen molar-refractivity contribution < 1.29 is 4.79 Å². The highest BCUT2D eigenvalue weighted by Gasteiger charge is 2.30. The predicted molar refractivity (Wildman–Crippen MR) is 64.9 cm³/mol. The normalized spacial score (nSPS) is 19.4. The topological polar surface area (TPSA) is 38.1 Å². The molecule has 17 heavy (non-hydrogen) atoms. The van der Waals surface area contributed by atoms with Gasteiger partial charge < -0.3 is 4.90 Å².